The number of hydrogen-bond donors (Lipinski definition) is 0. The average molecular weight is 618 g/mol. The van der Waals surface area contributed by atoms with Gasteiger partial charge in [0.15, 0.2) is 5.83 Å². The Hall–Kier alpha value is -3.94. The van der Waals surface area contributed by atoms with Gasteiger partial charge in [0, 0.05) is 48.9 Å². The highest BCUT2D eigenvalue weighted by Crippen LogP contribution is 2.37. The predicted octanol–water partition coefficient (Wildman–Crippen LogP) is 5.12. The topological polar surface area (TPSA) is 88.8 Å². The minimum absolute atomic E-state index is 0.0762. The number of rotatable bonds is 7. The second-order valence-corrected chi connectivity index (χ2v) is 12.3. The largest absolute Gasteiger partial charge is 0.459 e. The molecule has 0 radical (unpaired) electrons. The van der Waals surface area contributed by atoms with E-state index in [4.69, 9.17) is 26.3 Å². The highest BCUT2D eigenvalue weighted by Gasteiger charge is 2.35. The molecule has 11 heteroatoms. The van der Waals surface area contributed by atoms with E-state index in [0.29, 0.717) is 37.1 Å². The summed E-state index contributed by atoms with van der Waals surface area (Å²) in [5.74, 6) is -1.03. The van der Waals surface area contributed by atoms with Crippen molar-refractivity contribution in [3.63, 3.8) is 0 Å². The number of amides is 1. The van der Waals surface area contributed by atoms with Gasteiger partial charge in [-0.05, 0) is 57.3 Å². The lowest BCUT2D eigenvalue weighted by Gasteiger charge is -2.42. The average Bonchev–Trinajstić information content (AvgIpc) is 3.46. The number of ether oxygens (including phenoxy) is 1. The van der Waals surface area contributed by atoms with Crippen LogP contribution in [0.1, 0.15) is 37.4 Å². The Labute approximate surface area is 262 Å². The van der Waals surface area contributed by atoms with Crippen LogP contribution in [0.3, 0.4) is 0 Å². The monoisotopic (exact) mass is 617 g/mol. The van der Waals surface area contributed by atoms with E-state index in [1.165, 1.54) is 4.90 Å². The molecule has 44 heavy (non-hydrogen) atoms. The zero-order valence-corrected chi connectivity index (χ0v) is 25.9. The van der Waals surface area contributed by atoms with Crippen LogP contribution in [0.5, 0.6) is 6.01 Å². The van der Waals surface area contributed by atoms with Crippen LogP contribution < -0.4 is 14.5 Å². The van der Waals surface area contributed by atoms with Crippen LogP contribution in [0.2, 0.25) is 5.02 Å². The summed E-state index contributed by atoms with van der Waals surface area (Å²) in [5, 5.41) is 12.3. The van der Waals surface area contributed by atoms with Gasteiger partial charge in [0.1, 0.15) is 11.9 Å². The number of anilines is 2. The molecule has 0 N–H and O–H groups in total. The van der Waals surface area contributed by atoms with Crippen molar-refractivity contribution in [3.8, 4) is 12.1 Å². The van der Waals surface area contributed by atoms with E-state index in [-0.39, 0.29) is 25.1 Å². The Balaban J connectivity index is 1.36. The molecule has 0 bridgehead atoms. The summed E-state index contributed by atoms with van der Waals surface area (Å²) in [5.41, 5.74) is 2.95. The lowest BCUT2D eigenvalue weighted by Crippen LogP contribution is -2.55. The van der Waals surface area contributed by atoms with E-state index in [1.54, 1.807) is 0 Å². The van der Waals surface area contributed by atoms with Crippen molar-refractivity contribution in [1.29, 1.82) is 5.26 Å². The van der Waals surface area contributed by atoms with E-state index in [9.17, 15) is 14.4 Å². The summed E-state index contributed by atoms with van der Waals surface area (Å²) < 4.78 is 20.3. The second kappa shape index (κ2) is 12.6. The van der Waals surface area contributed by atoms with Crippen LogP contribution in [0.4, 0.5) is 15.9 Å². The van der Waals surface area contributed by atoms with Crippen molar-refractivity contribution in [1.82, 2.24) is 19.8 Å². The number of nitrogens with zero attached hydrogens (tertiary/aromatic N) is 7. The maximum absolute atomic E-state index is 13.8. The quantitative estimate of drug-likeness (QED) is 0.338. The number of piperazine rings is 1. The fourth-order valence-electron chi connectivity index (χ4n) is 6.97. The summed E-state index contributed by atoms with van der Waals surface area (Å²) in [7, 11) is 2.12. The third kappa shape index (κ3) is 5.78. The van der Waals surface area contributed by atoms with E-state index in [0.717, 1.165) is 59.5 Å². The molecule has 2 saturated heterocycles. The van der Waals surface area contributed by atoms with Gasteiger partial charge in [0.2, 0.25) is 0 Å². The minimum atomic E-state index is -1.02. The third-order valence-corrected chi connectivity index (χ3v) is 9.52. The van der Waals surface area contributed by atoms with Gasteiger partial charge in [0.25, 0.3) is 5.91 Å². The molecule has 230 valence electrons. The molecule has 1 amide bonds. The van der Waals surface area contributed by atoms with Gasteiger partial charge in [-0.15, -0.1) is 0 Å². The van der Waals surface area contributed by atoms with Gasteiger partial charge in [0.05, 0.1) is 35.8 Å². The Morgan fingerprint density at radius 2 is 1.98 bits per heavy atom. The first-order valence-corrected chi connectivity index (χ1v) is 15.6. The highest BCUT2D eigenvalue weighted by atomic mass is 35.5. The first-order chi connectivity index (χ1) is 21.2. The highest BCUT2D eigenvalue weighted by molar-refractivity contribution is 6.36. The maximum atomic E-state index is 13.8. The number of likely N-dealkylation sites (tertiary alicyclic amines) is 1. The molecule has 0 saturated carbocycles. The second-order valence-electron chi connectivity index (χ2n) is 11.9. The number of carbonyl (C=O) groups excluding carboxylic acids is 1. The summed E-state index contributed by atoms with van der Waals surface area (Å²) >= 11 is 6.70. The lowest BCUT2D eigenvalue weighted by atomic mass is 10.0. The van der Waals surface area contributed by atoms with Crippen molar-refractivity contribution >= 4 is 39.8 Å². The van der Waals surface area contributed by atoms with E-state index < -0.39 is 17.8 Å². The van der Waals surface area contributed by atoms with Gasteiger partial charge in [-0.2, -0.15) is 15.2 Å². The third-order valence-electron chi connectivity index (χ3n) is 9.21. The molecule has 9 nitrogen and oxygen atoms in total. The van der Waals surface area contributed by atoms with E-state index >= 15 is 0 Å². The standard InChI is InChI=1S/C33H37ClFN7O2/c1-21(35)32(43)42-18-17-41(19-24(42)12-14-36)31-25-13-16-40(29-10-5-8-23-7-4-9-26(34)30(23)29)20-27(25)37-33(38-31)44-22(2)28-11-6-15-39(28)3/h4-5,7-10,22,24,28H,1,6,11-13,15-20H2,2-3H3/t22?,24?,28-/m0/s1. The number of nitriles is 1. The number of benzene rings is 2. The molecule has 3 aliphatic heterocycles. The molecule has 2 unspecified atom stereocenters. The van der Waals surface area contributed by atoms with E-state index in [2.05, 4.69) is 59.5 Å². The van der Waals surface area contributed by atoms with E-state index in [1.807, 2.05) is 18.2 Å². The molecule has 2 aromatic carbocycles. The smallest absolute Gasteiger partial charge is 0.318 e. The Morgan fingerprint density at radius 3 is 2.70 bits per heavy atom. The first kappa shape index (κ1) is 30.1. The van der Waals surface area contributed by atoms with Crippen LogP contribution >= 0.6 is 11.6 Å². The molecule has 4 heterocycles. The van der Waals surface area contributed by atoms with Crippen molar-refractivity contribution in [2.24, 2.45) is 0 Å². The zero-order valence-electron chi connectivity index (χ0n) is 25.2. The molecule has 0 aliphatic carbocycles. The van der Waals surface area contributed by atoms with Crippen molar-refractivity contribution < 1.29 is 13.9 Å². The van der Waals surface area contributed by atoms with Crippen molar-refractivity contribution in [2.75, 3.05) is 49.6 Å². The zero-order chi connectivity index (χ0) is 31.0. The fourth-order valence-corrected chi connectivity index (χ4v) is 7.25. The summed E-state index contributed by atoms with van der Waals surface area (Å²) in [6.07, 6.45) is 2.84. The normalized spacial score (nSPS) is 21.2. The molecule has 3 aliphatic rings. The van der Waals surface area contributed by atoms with Crippen molar-refractivity contribution in [3.05, 3.63) is 65.1 Å². The van der Waals surface area contributed by atoms with Gasteiger partial charge < -0.3 is 19.4 Å². The van der Waals surface area contributed by atoms with Crippen LogP contribution in [-0.2, 0) is 17.8 Å². The predicted molar refractivity (Wildman–Crippen MR) is 170 cm³/mol. The molecule has 6 rings (SSSR count). The van der Waals surface area contributed by atoms with Crippen molar-refractivity contribution in [2.45, 2.75) is 57.3 Å². The van der Waals surface area contributed by atoms with Crippen LogP contribution in [-0.4, -0.2) is 83.6 Å². The van der Waals surface area contributed by atoms with Gasteiger partial charge in [-0.3, -0.25) is 9.69 Å². The summed E-state index contributed by atoms with van der Waals surface area (Å²) in [4.78, 5) is 30.6. The lowest BCUT2D eigenvalue weighted by molar-refractivity contribution is -0.131. The Morgan fingerprint density at radius 1 is 1.18 bits per heavy atom. The van der Waals surface area contributed by atoms with Crippen LogP contribution in [0.15, 0.2) is 48.8 Å². The SMILES string of the molecule is C=C(F)C(=O)N1CCN(c2nc(OC(C)[C@@H]3CCCN3C)nc3c2CCN(c2cccc4cccc(Cl)c24)C3)CC1CC#N. The molecule has 2 fully saturated rings. The van der Waals surface area contributed by atoms with Crippen LogP contribution in [0.25, 0.3) is 10.8 Å². The number of halogens is 2. The molecular weight excluding hydrogens is 581 g/mol. The number of hydrogen-bond acceptors (Lipinski definition) is 8. The van der Waals surface area contributed by atoms with Gasteiger partial charge in [-0.1, -0.05) is 42.4 Å². The maximum Gasteiger partial charge on any atom is 0.318 e. The van der Waals surface area contributed by atoms with Gasteiger partial charge >= 0.3 is 6.01 Å². The Kier molecular flexibility index (Phi) is 8.61. The molecule has 1 aromatic heterocycles. The fraction of sp³-hybridized carbons (Fsp3) is 0.455. The van der Waals surface area contributed by atoms with Gasteiger partial charge in [-0.25, -0.2) is 4.39 Å². The van der Waals surface area contributed by atoms with Crippen LogP contribution in [0, 0.1) is 11.3 Å². The Bertz CT molecular complexity index is 1620. The number of likely N-dealkylation sites (N-methyl/N-ethyl adjacent to an activating group) is 1. The molecule has 0 spiro atoms. The summed E-state index contributed by atoms with van der Waals surface area (Å²) in [6, 6.07) is 14.4. The molecule has 3 aromatic rings. The first-order valence-electron chi connectivity index (χ1n) is 15.2. The molecular formula is C33H37ClFN7O2. The summed E-state index contributed by atoms with van der Waals surface area (Å²) in [6.45, 7) is 8.61. The number of carbonyl (C=O) groups is 1. The minimum Gasteiger partial charge on any atom is -0.459 e. The number of fused-ring (bicyclic) bond motifs is 2. The molecule has 3 atom stereocenters. The number of aromatic nitrogens is 2.